The molecule has 0 fully saturated rings. The second-order valence-electron chi connectivity index (χ2n) is 3.55. The minimum absolute atomic E-state index is 0.552. The van der Waals surface area contributed by atoms with Gasteiger partial charge in [-0.3, -0.25) is 0 Å². The van der Waals surface area contributed by atoms with Gasteiger partial charge in [0.25, 0.3) is 0 Å². The normalized spacial score (nSPS) is 13.0. The van der Waals surface area contributed by atoms with Gasteiger partial charge < -0.3 is 10.3 Å². The van der Waals surface area contributed by atoms with Gasteiger partial charge in [0.1, 0.15) is 0 Å². The van der Waals surface area contributed by atoms with E-state index in [0.717, 1.165) is 43.3 Å². The van der Waals surface area contributed by atoms with Crippen molar-refractivity contribution in [2.45, 2.75) is 44.1 Å². The summed E-state index contributed by atoms with van der Waals surface area (Å²) in [6.45, 7) is 5.01. The van der Waals surface area contributed by atoms with Crippen molar-refractivity contribution >= 4 is 11.8 Å². The Bertz CT molecular complexity index is 277. The summed E-state index contributed by atoms with van der Waals surface area (Å²) in [5.74, 6) is 2.34. The molecule has 0 bridgehead atoms. The number of aryl methyl sites for hydroxylation is 1. The quantitative estimate of drug-likeness (QED) is 0.774. The van der Waals surface area contributed by atoms with Crippen molar-refractivity contribution in [2.24, 2.45) is 5.73 Å². The molecule has 0 aliphatic rings. The van der Waals surface area contributed by atoms with E-state index in [2.05, 4.69) is 24.0 Å². The van der Waals surface area contributed by atoms with Crippen LogP contribution in [0.1, 0.15) is 38.4 Å². The highest BCUT2D eigenvalue weighted by Gasteiger charge is 2.08. The molecule has 0 amide bonds. The lowest BCUT2D eigenvalue weighted by atomic mass is 10.3. The van der Waals surface area contributed by atoms with Crippen LogP contribution in [-0.2, 0) is 12.2 Å². The molecule has 1 aromatic heterocycles. The van der Waals surface area contributed by atoms with Gasteiger partial charge in [0.2, 0.25) is 5.89 Å². The number of rotatable bonds is 7. The zero-order valence-electron chi connectivity index (χ0n) is 9.40. The maximum atomic E-state index is 5.48. The van der Waals surface area contributed by atoms with E-state index in [4.69, 9.17) is 10.3 Å². The second kappa shape index (κ2) is 6.85. The molecule has 0 aliphatic carbocycles. The summed E-state index contributed by atoms with van der Waals surface area (Å²) in [4.78, 5) is 4.30. The van der Waals surface area contributed by atoms with Crippen LogP contribution < -0.4 is 5.73 Å². The first-order chi connectivity index (χ1) is 7.26. The Labute approximate surface area is 95.0 Å². The zero-order chi connectivity index (χ0) is 11.1. The molecular weight excluding hydrogens is 210 g/mol. The fraction of sp³-hybridized carbons (Fsp3) is 0.800. The Morgan fingerprint density at radius 2 is 2.33 bits per heavy atom. The van der Waals surface area contributed by atoms with Crippen molar-refractivity contribution in [3.63, 3.8) is 0 Å². The third-order valence-corrected chi connectivity index (χ3v) is 3.27. The van der Waals surface area contributed by atoms with E-state index in [0.29, 0.717) is 5.25 Å². The topological polar surface area (TPSA) is 64.9 Å². The molecule has 4 nitrogen and oxygen atoms in total. The lowest BCUT2D eigenvalue weighted by Gasteiger charge is -2.06. The van der Waals surface area contributed by atoms with E-state index in [1.165, 1.54) is 0 Å². The van der Waals surface area contributed by atoms with Gasteiger partial charge in [-0.1, -0.05) is 19.0 Å². The fourth-order valence-corrected chi connectivity index (χ4v) is 2.05. The van der Waals surface area contributed by atoms with E-state index in [-0.39, 0.29) is 0 Å². The molecular formula is C10H19N3OS. The van der Waals surface area contributed by atoms with Crippen molar-refractivity contribution in [1.29, 1.82) is 0 Å². The van der Waals surface area contributed by atoms with Gasteiger partial charge in [-0.2, -0.15) is 4.98 Å². The standard InChI is InChI=1S/C10H19N3OS/c1-3-4-9-12-10(14-13-9)7-15-8(2)5-6-11/h8H,3-7,11H2,1-2H3. The Morgan fingerprint density at radius 1 is 1.53 bits per heavy atom. The summed E-state index contributed by atoms with van der Waals surface area (Å²) in [5.41, 5.74) is 5.48. The van der Waals surface area contributed by atoms with Gasteiger partial charge >= 0.3 is 0 Å². The molecule has 0 aliphatic heterocycles. The van der Waals surface area contributed by atoms with E-state index < -0.39 is 0 Å². The Morgan fingerprint density at radius 3 is 3.00 bits per heavy atom. The predicted octanol–water partition coefficient (Wildman–Crippen LogP) is 1.99. The van der Waals surface area contributed by atoms with E-state index >= 15 is 0 Å². The lowest BCUT2D eigenvalue weighted by molar-refractivity contribution is 0.384. The molecule has 0 aromatic carbocycles. The highest BCUT2D eigenvalue weighted by molar-refractivity contribution is 7.99. The van der Waals surface area contributed by atoms with Gasteiger partial charge in [0.05, 0.1) is 5.75 Å². The molecule has 1 atom stereocenters. The number of hydrogen-bond donors (Lipinski definition) is 1. The van der Waals surface area contributed by atoms with Crippen LogP contribution in [0, 0.1) is 0 Å². The minimum Gasteiger partial charge on any atom is -0.338 e. The van der Waals surface area contributed by atoms with Crippen molar-refractivity contribution < 1.29 is 4.52 Å². The molecule has 1 aromatic rings. The van der Waals surface area contributed by atoms with E-state index in [9.17, 15) is 0 Å². The first-order valence-corrected chi connectivity index (χ1v) is 6.44. The summed E-state index contributed by atoms with van der Waals surface area (Å²) in [6, 6.07) is 0. The van der Waals surface area contributed by atoms with Gasteiger partial charge in [-0.25, -0.2) is 0 Å². The summed E-state index contributed by atoms with van der Waals surface area (Å²) in [7, 11) is 0. The van der Waals surface area contributed by atoms with Crippen LogP contribution in [0.5, 0.6) is 0 Å². The molecule has 1 heterocycles. The maximum Gasteiger partial charge on any atom is 0.236 e. The molecule has 0 radical (unpaired) electrons. The van der Waals surface area contributed by atoms with Crippen LogP contribution in [0.4, 0.5) is 0 Å². The van der Waals surface area contributed by atoms with Gasteiger partial charge in [0.15, 0.2) is 5.82 Å². The lowest BCUT2D eigenvalue weighted by Crippen LogP contribution is -2.07. The summed E-state index contributed by atoms with van der Waals surface area (Å²) in [5, 5.41) is 4.46. The van der Waals surface area contributed by atoms with Crippen molar-refractivity contribution in [3.8, 4) is 0 Å². The highest BCUT2D eigenvalue weighted by Crippen LogP contribution is 2.18. The largest absolute Gasteiger partial charge is 0.338 e. The smallest absolute Gasteiger partial charge is 0.236 e. The second-order valence-corrected chi connectivity index (χ2v) is 4.98. The first-order valence-electron chi connectivity index (χ1n) is 5.39. The predicted molar refractivity (Wildman–Crippen MR) is 62.7 cm³/mol. The molecule has 15 heavy (non-hydrogen) atoms. The van der Waals surface area contributed by atoms with Gasteiger partial charge in [-0.15, -0.1) is 11.8 Å². The molecule has 86 valence electrons. The van der Waals surface area contributed by atoms with Crippen molar-refractivity contribution in [3.05, 3.63) is 11.7 Å². The summed E-state index contributed by atoms with van der Waals surface area (Å²) in [6.07, 6.45) is 2.98. The zero-order valence-corrected chi connectivity index (χ0v) is 10.2. The molecule has 5 heteroatoms. The van der Waals surface area contributed by atoms with E-state index in [1.807, 2.05) is 11.8 Å². The minimum atomic E-state index is 0.552. The average molecular weight is 229 g/mol. The Balaban J connectivity index is 2.30. The molecule has 0 saturated heterocycles. The number of thioether (sulfide) groups is 1. The van der Waals surface area contributed by atoms with Crippen LogP contribution in [0.2, 0.25) is 0 Å². The Kier molecular flexibility index (Phi) is 5.71. The number of nitrogens with two attached hydrogens (primary N) is 1. The van der Waals surface area contributed by atoms with Crippen LogP contribution in [-0.4, -0.2) is 21.9 Å². The monoisotopic (exact) mass is 229 g/mol. The van der Waals surface area contributed by atoms with Crippen molar-refractivity contribution in [1.82, 2.24) is 10.1 Å². The first kappa shape index (κ1) is 12.5. The third kappa shape index (κ3) is 4.66. The van der Waals surface area contributed by atoms with Crippen LogP contribution in [0.3, 0.4) is 0 Å². The van der Waals surface area contributed by atoms with Crippen LogP contribution in [0.25, 0.3) is 0 Å². The maximum absolute atomic E-state index is 5.48. The third-order valence-electron chi connectivity index (χ3n) is 2.05. The number of hydrogen-bond acceptors (Lipinski definition) is 5. The van der Waals surface area contributed by atoms with Crippen LogP contribution in [0.15, 0.2) is 4.52 Å². The summed E-state index contributed by atoms with van der Waals surface area (Å²) < 4.78 is 5.13. The van der Waals surface area contributed by atoms with Crippen molar-refractivity contribution in [2.75, 3.05) is 6.54 Å². The number of aromatic nitrogens is 2. The van der Waals surface area contributed by atoms with Gasteiger partial charge in [-0.05, 0) is 19.4 Å². The summed E-state index contributed by atoms with van der Waals surface area (Å²) >= 11 is 1.81. The molecule has 1 unspecified atom stereocenters. The SMILES string of the molecule is CCCc1noc(CSC(C)CCN)n1. The molecule has 2 N–H and O–H groups in total. The van der Waals surface area contributed by atoms with E-state index in [1.54, 1.807) is 0 Å². The fourth-order valence-electron chi connectivity index (χ4n) is 1.21. The highest BCUT2D eigenvalue weighted by atomic mass is 32.2. The molecule has 0 saturated carbocycles. The molecule has 1 rings (SSSR count). The average Bonchev–Trinajstić information content (AvgIpc) is 2.64. The van der Waals surface area contributed by atoms with Crippen LogP contribution >= 0.6 is 11.8 Å². The number of nitrogens with zero attached hydrogens (tertiary/aromatic N) is 2. The van der Waals surface area contributed by atoms with Gasteiger partial charge in [0, 0.05) is 11.7 Å². The molecule has 0 spiro atoms. The Hall–Kier alpha value is -0.550.